The van der Waals surface area contributed by atoms with Crippen molar-refractivity contribution in [3.8, 4) is 0 Å². The number of aromatic nitrogens is 2. The van der Waals surface area contributed by atoms with Gasteiger partial charge in [0, 0.05) is 43.0 Å². The maximum atomic E-state index is 12.8. The third kappa shape index (κ3) is 6.29. The molecule has 2 N–H and O–H groups in total. The first-order valence-electron chi connectivity index (χ1n) is 11.1. The van der Waals surface area contributed by atoms with Gasteiger partial charge in [0.15, 0.2) is 0 Å². The molecule has 0 unspecified atom stereocenters. The maximum absolute atomic E-state index is 12.8. The van der Waals surface area contributed by atoms with E-state index in [-0.39, 0.29) is 28.7 Å². The van der Waals surface area contributed by atoms with Gasteiger partial charge in [-0.3, -0.25) is 0 Å². The highest BCUT2D eigenvalue weighted by atomic mass is 32.2. The van der Waals surface area contributed by atoms with E-state index in [1.54, 1.807) is 18.2 Å². The molecule has 9 heteroatoms. The van der Waals surface area contributed by atoms with E-state index in [0.717, 1.165) is 42.4 Å². The van der Waals surface area contributed by atoms with Gasteiger partial charge in [-0.2, -0.15) is 18.2 Å². The Kier molecular flexibility index (Phi) is 7.29. The van der Waals surface area contributed by atoms with Crippen molar-refractivity contribution in [3.63, 3.8) is 0 Å². The molecule has 0 bridgehead atoms. The van der Waals surface area contributed by atoms with Crippen molar-refractivity contribution in [2.24, 2.45) is 0 Å². The highest BCUT2D eigenvalue weighted by Crippen LogP contribution is 2.38. The minimum Gasteiger partial charge on any atom is -0.362 e. The van der Waals surface area contributed by atoms with Crippen molar-refractivity contribution in [3.05, 3.63) is 54.1 Å². The normalized spacial score (nSPS) is 18.9. The molecule has 1 saturated carbocycles. The molecule has 5 nitrogen and oxygen atoms in total. The molecule has 0 aliphatic heterocycles. The predicted molar refractivity (Wildman–Crippen MR) is 129 cm³/mol. The molecular weight excluding hydrogens is 447 g/mol. The van der Waals surface area contributed by atoms with Crippen LogP contribution < -0.4 is 15.5 Å². The van der Waals surface area contributed by atoms with Gasteiger partial charge in [-0.25, -0.2) is 4.98 Å². The van der Waals surface area contributed by atoms with Crippen LogP contribution in [-0.2, 0) is 6.54 Å². The zero-order chi connectivity index (χ0) is 23.4. The molecule has 1 aliphatic carbocycles. The van der Waals surface area contributed by atoms with Crippen LogP contribution in [0.5, 0.6) is 0 Å². The lowest BCUT2D eigenvalue weighted by Gasteiger charge is -2.30. The fourth-order valence-corrected chi connectivity index (χ4v) is 4.89. The lowest BCUT2D eigenvalue weighted by molar-refractivity contribution is -0.0328. The van der Waals surface area contributed by atoms with E-state index in [9.17, 15) is 13.2 Å². The minimum atomic E-state index is -4.28. The van der Waals surface area contributed by atoms with Crippen molar-refractivity contribution in [2.75, 3.05) is 24.3 Å². The number of nitrogens with one attached hydrogen (secondary N) is 2. The Hall–Kier alpha value is -2.52. The van der Waals surface area contributed by atoms with Crippen molar-refractivity contribution < 1.29 is 13.2 Å². The van der Waals surface area contributed by atoms with Crippen LogP contribution in [0.1, 0.15) is 31.2 Å². The lowest BCUT2D eigenvalue weighted by atomic mass is 9.91. The molecule has 1 heterocycles. The highest BCUT2D eigenvalue weighted by Gasteiger charge is 2.30. The van der Waals surface area contributed by atoms with Gasteiger partial charge < -0.3 is 15.5 Å². The van der Waals surface area contributed by atoms with Gasteiger partial charge in [-0.05, 0) is 61.2 Å². The molecule has 0 spiro atoms. The average Bonchev–Trinajstić information content (AvgIpc) is 2.78. The second-order valence-electron chi connectivity index (χ2n) is 8.51. The summed E-state index contributed by atoms with van der Waals surface area (Å²) in [7, 11) is 3.95. The fourth-order valence-electron chi connectivity index (χ4n) is 4.22. The van der Waals surface area contributed by atoms with Gasteiger partial charge in [-0.1, -0.05) is 30.3 Å². The summed E-state index contributed by atoms with van der Waals surface area (Å²) in [5, 5.41) is 7.96. The van der Waals surface area contributed by atoms with Crippen LogP contribution in [0.25, 0.3) is 10.9 Å². The van der Waals surface area contributed by atoms with Crippen LogP contribution in [-0.4, -0.2) is 41.7 Å². The first-order chi connectivity index (χ1) is 15.8. The number of nitrogens with zero attached hydrogens (tertiary/aromatic N) is 3. The lowest BCUT2D eigenvalue weighted by Crippen LogP contribution is -2.37. The molecule has 1 fully saturated rings. The molecule has 3 aromatic rings. The van der Waals surface area contributed by atoms with E-state index < -0.39 is 5.51 Å². The molecule has 33 heavy (non-hydrogen) atoms. The number of hydrogen-bond donors (Lipinski definition) is 2. The van der Waals surface area contributed by atoms with Crippen molar-refractivity contribution in [1.82, 2.24) is 15.3 Å². The summed E-state index contributed by atoms with van der Waals surface area (Å²) in [6.07, 6.45) is 3.79. The topological polar surface area (TPSA) is 53.1 Å². The monoisotopic (exact) mass is 475 g/mol. The van der Waals surface area contributed by atoms with Gasteiger partial charge in [0.05, 0.1) is 5.52 Å². The molecule has 0 atom stereocenters. The van der Waals surface area contributed by atoms with Gasteiger partial charge in [0.25, 0.3) is 0 Å². The number of hydrogen-bond acceptors (Lipinski definition) is 6. The Balaban J connectivity index is 1.33. The predicted octanol–water partition coefficient (Wildman–Crippen LogP) is 5.82. The van der Waals surface area contributed by atoms with Gasteiger partial charge in [0.1, 0.15) is 5.82 Å². The molecule has 0 radical (unpaired) electrons. The molecular formula is C24H28F3N5S. The van der Waals surface area contributed by atoms with E-state index in [1.807, 2.05) is 43.3 Å². The Labute approximate surface area is 196 Å². The minimum absolute atomic E-state index is 0.0480. The molecule has 0 amide bonds. The van der Waals surface area contributed by atoms with E-state index in [2.05, 4.69) is 15.6 Å². The first kappa shape index (κ1) is 23.6. The summed E-state index contributed by atoms with van der Waals surface area (Å²) < 4.78 is 38.4. The fraction of sp³-hybridized carbons (Fsp3) is 0.417. The van der Waals surface area contributed by atoms with Crippen LogP contribution in [0.4, 0.5) is 24.9 Å². The van der Waals surface area contributed by atoms with E-state index in [1.165, 1.54) is 6.07 Å². The Bertz CT molecular complexity index is 1080. The third-order valence-electron chi connectivity index (χ3n) is 5.85. The zero-order valence-electron chi connectivity index (χ0n) is 18.7. The van der Waals surface area contributed by atoms with E-state index in [4.69, 9.17) is 4.98 Å². The molecule has 1 aliphatic rings. The van der Waals surface area contributed by atoms with Crippen LogP contribution in [0, 0.1) is 0 Å². The molecule has 1 aromatic heterocycles. The van der Waals surface area contributed by atoms with Gasteiger partial charge in [-0.15, -0.1) is 0 Å². The quantitative estimate of drug-likeness (QED) is 0.420. The molecule has 4 rings (SSSR count). The van der Waals surface area contributed by atoms with Gasteiger partial charge >= 0.3 is 5.51 Å². The second-order valence-corrected chi connectivity index (χ2v) is 9.62. The number of benzene rings is 2. The zero-order valence-corrected chi connectivity index (χ0v) is 19.5. The van der Waals surface area contributed by atoms with E-state index >= 15 is 0 Å². The average molecular weight is 476 g/mol. The second kappa shape index (κ2) is 10.2. The molecule has 2 aromatic carbocycles. The number of halogens is 3. The highest BCUT2D eigenvalue weighted by molar-refractivity contribution is 8.00. The summed E-state index contributed by atoms with van der Waals surface area (Å²) in [5.41, 5.74) is -2.69. The SMILES string of the molecule is CN(C)c1nc(NC2CCC(NCc3ccccc3SC(F)(F)F)CC2)nc2ccccc12. The number of para-hydroxylation sites is 1. The summed E-state index contributed by atoms with van der Waals surface area (Å²) >= 11 is -0.0480. The van der Waals surface area contributed by atoms with Crippen molar-refractivity contribution in [2.45, 2.75) is 54.7 Å². The maximum Gasteiger partial charge on any atom is 0.446 e. The Morgan fingerprint density at radius 3 is 2.33 bits per heavy atom. The first-order valence-corrected chi connectivity index (χ1v) is 11.9. The van der Waals surface area contributed by atoms with Crippen molar-refractivity contribution in [1.29, 1.82) is 0 Å². The molecule has 176 valence electrons. The smallest absolute Gasteiger partial charge is 0.362 e. The summed E-state index contributed by atoms with van der Waals surface area (Å²) in [6, 6.07) is 15.2. The van der Waals surface area contributed by atoms with Crippen LogP contribution >= 0.6 is 11.8 Å². The number of anilines is 2. The van der Waals surface area contributed by atoms with Crippen LogP contribution in [0.3, 0.4) is 0 Å². The van der Waals surface area contributed by atoms with Crippen LogP contribution in [0.15, 0.2) is 53.4 Å². The van der Waals surface area contributed by atoms with Gasteiger partial charge in [0.2, 0.25) is 5.95 Å². The summed E-state index contributed by atoms with van der Waals surface area (Å²) in [6.45, 7) is 0.433. The Morgan fingerprint density at radius 2 is 1.61 bits per heavy atom. The number of thioether (sulfide) groups is 1. The summed E-state index contributed by atoms with van der Waals surface area (Å²) in [5.74, 6) is 1.51. The third-order valence-corrected chi connectivity index (χ3v) is 6.70. The standard InChI is InChI=1S/C24H28F3N5S/c1-32(2)22-19-8-4-5-9-20(19)30-23(31-22)29-18-13-11-17(12-14-18)28-15-16-7-3-6-10-21(16)33-24(25,26)27/h3-10,17-18,28H,11-15H2,1-2H3,(H,29,30,31). The van der Waals surface area contributed by atoms with E-state index in [0.29, 0.717) is 18.1 Å². The Morgan fingerprint density at radius 1 is 0.939 bits per heavy atom. The summed E-state index contributed by atoms with van der Waals surface area (Å²) in [4.78, 5) is 11.7. The van der Waals surface area contributed by atoms with Crippen molar-refractivity contribution >= 4 is 34.4 Å². The number of alkyl halides is 3. The number of fused-ring (bicyclic) bond motifs is 1. The number of rotatable bonds is 7. The molecule has 0 saturated heterocycles. The largest absolute Gasteiger partial charge is 0.446 e. The van der Waals surface area contributed by atoms with Crippen LogP contribution in [0.2, 0.25) is 0 Å².